The van der Waals surface area contributed by atoms with Gasteiger partial charge in [-0.25, -0.2) is 4.79 Å². The second-order valence-electron chi connectivity index (χ2n) is 3.41. The van der Waals surface area contributed by atoms with Crippen molar-refractivity contribution in [3.63, 3.8) is 0 Å². The highest BCUT2D eigenvalue weighted by atomic mass is 35.5. The molecule has 0 aromatic carbocycles. The lowest BCUT2D eigenvalue weighted by molar-refractivity contribution is -0.135. The molecule has 2 aliphatic rings. The lowest BCUT2D eigenvalue weighted by Gasteiger charge is -2.15. The topological polar surface area (TPSA) is 38.3 Å². The summed E-state index contributed by atoms with van der Waals surface area (Å²) in [6.45, 7) is 6.20. The molecule has 2 heterocycles. The summed E-state index contributed by atoms with van der Waals surface area (Å²) in [7, 11) is 0. The highest BCUT2D eigenvalue weighted by Gasteiger charge is 2.14. The highest BCUT2D eigenvalue weighted by Crippen LogP contribution is 2.08. The van der Waals surface area contributed by atoms with Crippen molar-refractivity contribution in [3.8, 4) is 0 Å². The van der Waals surface area contributed by atoms with E-state index < -0.39 is 0 Å². The van der Waals surface area contributed by atoms with Crippen molar-refractivity contribution in [1.82, 2.24) is 5.32 Å². The predicted octanol–water partition coefficient (Wildman–Crippen LogP) is 1.47. The number of hydrogen-bond donors (Lipinski definition) is 1. The number of carbonyl (C=O) groups excluding carboxylic acids is 1. The van der Waals surface area contributed by atoms with E-state index in [4.69, 9.17) is 11.6 Å². The van der Waals surface area contributed by atoms with Crippen molar-refractivity contribution in [2.45, 2.75) is 24.6 Å². The minimum Gasteiger partial charge on any atom is -0.462 e. The first-order valence-corrected chi connectivity index (χ1v) is 5.33. The molecule has 2 fully saturated rings. The summed E-state index contributed by atoms with van der Waals surface area (Å²) in [4.78, 5) is 10.3. The molecule has 14 heavy (non-hydrogen) atoms. The maximum Gasteiger partial charge on any atom is 0.333 e. The van der Waals surface area contributed by atoms with Gasteiger partial charge in [0.05, 0.1) is 6.61 Å². The molecule has 2 aliphatic heterocycles. The van der Waals surface area contributed by atoms with Gasteiger partial charge in [-0.15, -0.1) is 11.6 Å². The number of halogens is 1. The summed E-state index contributed by atoms with van der Waals surface area (Å²) >= 11 is 5.78. The first-order valence-electron chi connectivity index (χ1n) is 4.90. The van der Waals surface area contributed by atoms with Crippen LogP contribution < -0.4 is 5.32 Å². The molecule has 0 radical (unpaired) electrons. The second-order valence-corrected chi connectivity index (χ2v) is 4.03. The van der Waals surface area contributed by atoms with E-state index in [-0.39, 0.29) is 5.97 Å². The molecule has 0 aliphatic carbocycles. The average Bonchev–Trinajstić information content (AvgIpc) is 2.53. The van der Waals surface area contributed by atoms with Crippen molar-refractivity contribution in [2.75, 3.05) is 19.7 Å². The van der Waals surface area contributed by atoms with Crippen LogP contribution in [0.15, 0.2) is 12.2 Å². The smallest absolute Gasteiger partial charge is 0.333 e. The van der Waals surface area contributed by atoms with E-state index in [1.54, 1.807) is 0 Å². The van der Waals surface area contributed by atoms with E-state index in [2.05, 4.69) is 16.6 Å². The van der Waals surface area contributed by atoms with Crippen LogP contribution >= 0.6 is 11.6 Å². The third-order valence-electron chi connectivity index (χ3n) is 2.19. The predicted molar refractivity (Wildman–Crippen MR) is 56.5 cm³/mol. The fourth-order valence-electron chi connectivity index (χ4n) is 1.26. The molecular formula is C10H16ClNO2. The van der Waals surface area contributed by atoms with Crippen LogP contribution in [0.4, 0.5) is 0 Å². The minimum absolute atomic E-state index is 0.236. The minimum atomic E-state index is -0.236. The maximum absolute atomic E-state index is 10.3. The Labute approximate surface area is 89.5 Å². The second kappa shape index (κ2) is 6.04. The van der Waals surface area contributed by atoms with E-state index >= 15 is 0 Å². The molecule has 3 nitrogen and oxygen atoms in total. The van der Waals surface area contributed by atoms with Crippen LogP contribution in [0.3, 0.4) is 0 Å². The van der Waals surface area contributed by atoms with E-state index in [9.17, 15) is 4.79 Å². The molecule has 2 rings (SSSR count). The van der Waals surface area contributed by atoms with Crippen LogP contribution in [-0.4, -0.2) is 31.0 Å². The lowest BCUT2D eigenvalue weighted by atomic mass is 10.2. The highest BCUT2D eigenvalue weighted by molar-refractivity contribution is 6.20. The SMILES string of the molecule is C=C1CCOC1=O.ClC1CCNCC1. The third-order valence-corrected chi connectivity index (χ3v) is 2.63. The molecule has 1 N–H and O–H groups in total. The molecule has 0 spiro atoms. The molecular weight excluding hydrogens is 202 g/mol. The number of piperidine rings is 1. The summed E-state index contributed by atoms with van der Waals surface area (Å²) < 4.78 is 4.53. The van der Waals surface area contributed by atoms with E-state index in [0.29, 0.717) is 24.0 Å². The fourth-order valence-corrected chi connectivity index (χ4v) is 1.48. The Bertz CT molecular complexity index is 198. The molecule has 0 aromatic rings. The van der Waals surface area contributed by atoms with Gasteiger partial charge in [0.25, 0.3) is 0 Å². The molecule has 2 saturated heterocycles. The summed E-state index contributed by atoms with van der Waals surface area (Å²) in [5.41, 5.74) is 0.597. The third kappa shape index (κ3) is 4.11. The molecule has 0 amide bonds. The number of ether oxygens (including phenoxy) is 1. The Morgan fingerprint density at radius 1 is 1.43 bits per heavy atom. The van der Waals surface area contributed by atoms with Gasteiger partial charge in [-0.05, 0) is 25.9 Å². The van der Waals surface area contributed by atoms with Gasteiger partial charge in [-0.3, -0.25) is 0 Å². The van der Waals surface area contributed by atoms with E-state index in [0.717, 1.165) is 25.9 Å². The lowest BCUT2D eigenvalue weighted by Crippen LogP contribution is -2.27. The van der Waals surface area contributed by atoms with Crippen LogP contribution in [-0.2, 0) is 9.53 Å². The zero-order chi connectivity index (χ0) is 10.4. The molecule has 0 bridgehead atoms. The summed E-state index contributed by atoms with van der Waals surface area (Å²) in [5.74, 6) is -0.236. The molecule has 0 saturated carbocycles. The van der Waals surface area contributed by atoms with E-state index in [1.807, 2.05) is 0 Å². The van der Waals surface area contributed by atoms with Crippen molar-refractivity contribution < 1.29 is 9.53 Å². The Kier molecular flexibility index (Phi) is 4.98. The number of alkyl halides is 1. The summed E-state index contributed by atoms with van der Waals surface area (Å²) in [5, 5.41) is 3.68. The van der Waals surface area contributed by atoms with Crippen LogP contribution in [0.25, 0.3) is 0 Å². The first-order chi connectivity index (χ1) is 6.70. The zero-order valence-corrected chi connectivity index (χ0v) is 8.98. The Morgan fingerprint density at radius 3 is 2.29 bits per heavy atom. The average molecular weight is 218 g/mol. The monoisotopic (exact) mass is 217 g/mol. The van der Waals surface area contributed by atoms with Crippen LogP contribution in [0.5, 0.6) is 0 Å². The van der Waals surface area contributed by atoms with E-state index in [1.165, 1.54) is 0 Å². The number of rotatable bonds is 0. The molecule has 80 valence electrons. The zero-order valence-electron chi connectivity index (χ0n) is 8.22. The number of cyclic esters (lactones) is 1. The number of esters is 1. The van der Waals surface area contributed by atoms with Gasteiger partial charge in [-0.1, -0.05) is 6.58 Å². The van der Waals surface area contributed by atoms with Gasteiger partial charge in [0, 0.05) is 17.4 Å². The van der Waals surface area contributed by atoms with Crippen molar-refractivity contribution in [1.29, 1.82) is 0 Å². The van der Waals surface area contributed by atoms with Gasteiger partial charge in [-0.2, -0.15) is 0 Å². The van der Waals surface area contributed by atoms with Gasteiger partial charge < -0.3 is 10.1 Å². The fraction of sp³-hybridized carbons (Fsp3) is 0.700. The standard InChI is InChI=1S/C5H10ClN.C5H6O2/c6-5-1-3-7-4-2-5;1-4-2-3-7-5(4)6/h5,7H,1-4H2;1-3H2. The first kappa shape index (κ1) is 11.5. The molecule has 0 unspecified atom stereocenters. The van der Waals surface area contributed by atoms with Crippen molar-refractivity contribution in [2.24, 2.45) is 0 Å². The number of nitrogens with one attached hydrogen (secondary N) is 1. The van der Waals surface area contributed by atoms with Crippen molar-refractivity contribution >= 4 is 17.6 Å². The molecule has 0 aromatic heterocycles. The molecule has 4 heteroatoms. The Morgan fingerprint density at radius 2 is 2.07 bits per heavy atom. The van der Waals surface area contributed by atoms with Crippen LogP contribution in [0.2, 0.25) is 0 Å². The summed E-state index contributed by atoms with van der Waals surface area (Å²) in [6, 6.07) is 0. The van der Waals surface area contributed by atoms with Gasteiger partial charge in [0.1, 0.15) is 0 Å². The Balaban J connectivity index is 0.000000140. The van der Waals surface area contributed by atoms with Gasteiger partial charge in [0.2, 0.25) is 0 Å². The normalized spacial score (nSPS) is 22.6. The maximum atomic E-state index is 10.3. The van der Waals surface area contributed by atoms with Gasteiger partial charge >= 0.3 is 5.97 Å². The van der Waals surface area contributed by atoms with Crippen LogP contribution in [0, 0.1) is 0 Å². The Hall–Kier alpha value is -0.540. The number of carbonyl (C=O) groups is 1. The van der Waals surface area contributed by atoms with Crippen LogP contribution in [0.1, 0.15) is 19.3 Å². The molecule has 0 atom stereocenters. The van der Waals surface area contributed by atoms with Gasteiger partial charge in [0.15, 0.2) is 0 Å². The quantitative estimate of drug-likeness (QED) is 0.379. The number of hydrogen-bond acceptors (Lipinski definition) is 3. The largest absolute Gasteiger partial charge is 0.462 e. The summed E-state index contributed by atoms with van der Waals surface area (Å²) in [6.07, 6.45) is 2.99. The van der Waals surface area contributed by atoms with Crippen molar-refractivity contribution in [3.05, 3.63) is 12.2 Å².